The Balaban J connectivity index is 1.49. The van der Waals surface area contributed by atoms with Gasteiger partial charge in [-0.15, -0.1) is 0 Å². The maximum atomic E-state index is 13.3. The molecule has 4 atom stereocenters. The van der Waals surface area contributed by atoms with Gasteiger partial charge in [-0.2, -0.15) is 13.2 Å². The van der Waals surface area contributed by atoms with Gasteiger partial charge in [0.2, 0.25) is 0 Å². The van der Waals surface area contributed by atoms with E-state index in [1.165, 1.54) is 23.3 Å². The van der Waals surface area contributed by atoms with Gasteiger partial charge in [0.15, 0.2) is 23.8 Å². The Labute approximate surface area is 230 Å². The number of aliphatic hydroxyl groups excluding tert-OH is 1. The number of esters is 2. The number of alkyl halides is 3. The number of rotatable bonds is 8. The second-order valence-corrected chi connectivity index (χ2v) is 9.24. The number of imidazole rings is 1. The molecule has 0 bridgehead atoms. The van der Waals surface area contributed by atoms with E-state index >= 15 is 0 Å². The smallest absolute Gasteiger partial charge is 0.416 e. The molecule has 41 heavy (non-hydrogen) atoms. The lowest BCUT2D eigenvalue weighted by atomic mass is 9.96. The van der Waals surface area contributed by atoms with Crippen molar-refractivity contribution >= 4 is 28.9 Å². The number of aromatic nitrogens is 4. The molecule has 0 aliphatic carbocycles. The summed E-state index contributed by atoms with van der Waals surface area (Å²) >= 11 is 0. The Morgan fingerprint density at radius 2 is 1.78 bits per heavy atom. The number of nitrogens with two attached hydrogens (primary N) is 1. The molecule has 14 heteroatoms. The number of nitrogens with zero attached hydrogens (tertiary/aromatic N) is 4. The van der Waals surface area contributed by atoms with E-state index in [1.807, 2.05) is 0 Å². The Morgan fingerprint density at radius 3 is 2.51 bits per heavy atom. The first-order valence-electron chi connectivity index (χ1n) is 12.5. The van der Waals surface area contributed by atoms with Crippen LogP contribution in [-0.2, 0) is 20.4 Å². The highest BCUT2D eigenvalue weighted by molar-refractivity contribution is 5.90. The third-order valence-electron chi connectivity index (χ3n) is 6.65. The fourth-order valence-electron chi connectivity index (χ4n) is 4.66. The molecular weight excluding hydrogens is 547 g/mol. The maximum Gasteiger partial charge on any atom is 0.416 e. The molecule has 3 N–H and O–H groups in total. The number of hydrogen-bond donors (Lipinski definition) is 2. The maximum absolute atomic E-state index is 13.3. The van der Waals surface area contributed by atoms with Gasteiger partial charge in [-0.1, -0.05) is 24.3 Å². The van der Waals surface area contributed by atoms with Crippen molar-refractivity contribution in [3.63, 3.8) is 0 Å². The molecule has 2 aromatic carbocycles. The molecule has 0 saturated carbocycles. The second-order valence-electron chi connectivity index (χ2n) is 9.24. The molecule has 0 amide bonds. The zero-order valence-corrected chi connectivity index (χ0v) is 21.3. The van der Waals surface area contributed by atoms with Crippen molar-refractivity contribution in [3.05, 3.63) is 83.9 Å². The molecule has 11 nitrogen and oxygen atoms in total. The van der Waals surface area contributed by atoms with Gasteiger partial charge < -0.3 is 25.1 Å². The molecule has 0 radical (unpaired) electrons. The highest BCUT2D eigenvalue weighted by Crippen LogP contribution is 2.40. The van der Waals surface area contributed by atoms with E-state index in [0.29, 0.717) is 6.07 Å². The first-order chi connectivity index (χ1) is 19.7. The number of anilines is 1. The summed E-state index contributed by atoms with van der Waals surface area (Å²) in [4.78, 5) is 38.2. The summed E-state index contributed by atoms with van der Waals surface area (Å²) in [6, 6.07) is 12.0. The largest absolute Gasteiger partial charge is 0.462 e. The van der Waals surface area contributed by atoms with Gasteiger partial charge in [0.25, 0.3) is 0 Å². The van der Waals surface area contributed by atoms with Crippen LogP contribution in [-0.4, -0.2) is 62.0 Å². The van der Waals surface area contributed by atoms with Gasteiger partial charge in [0, 0.05) is 6.61 Å². The summed E-state index contributed by atoms with van der Waals surface area (Å²) in [5, 5.41) is 9.72. The van der Waals surface area contributed by atoms with Crippen LogP contribution >= 0.6 is 0 Å². The summed E-state index contributed by atoms with van der Waals surface area (Å²) < 4.78 is 58.8. The summed E-state index contributed by atoms with van der Waals surface area (Å²) in [5.41, 5.74) is 5.32. The molecule has 3 heterocycles. The Hall–Kier alpha value is -4.56. The minimum absolute atomic E-state index is 0.0748. The van der Waals surface area contributed by atoms with Crippen molar-refractivity contribution in [3.8, 4) is 0 Å². The zero-order chi connectivity index (χ0) is 29.1. The third-order valence-corrected chi connectivity index (χ3v) is 6.65. The van der Waals surface area contributed by atoms with Crippen LogP contribution in [0.15, 0.2) is 67.3 Å². The molecule has 5 rings (SSSR count). The molecular formula is C27H24F3N5O6. The van der Waals surface area contributed by atoms with Crippen LogP contribution in [0, 0.1) is 5.92 Å². The normalized spacial score (nSPS) is 20.7. The molecule has 1 fully saturated rings. The zero-order valence-electron chi connectivity index (χ0n) is 21.3. The summed E-state index contributed by atoms with van der Waals surface area (Å²) in [6.07, 6.45) is -5.15. The number of fused-ring (bicyclic) bond motifs is 1. The van der Waals surface area contributed by atoms with Crippen LogP contribution in [0.1, 0.15) is 38.9 Å². The fourth-order valence-corrected chi connectivity index (χ4v) is 4.66. The van der Waals surface area contributed by atoms with E-state index in [0.717, 1.165) is 12.1 Å². The number of halogens is 3. The lowest BCUT2D eigenvalue weighted by Gasteiger charge is -2.25. The van der Waals surface area contributed by atoms with Crippen LogP contribution in [0.5, 0.6) is 0 Å². The SMILES string of the molecule is Nc1ncnc2c1ncn2[C@@H]1O[C@H](CCO)[C@@H](COC(=O)c2ccccc2)[C@H]1OC(=O)c1cccc(C(F)(F)F)c1. The van der Waals surface area contributed by atoms with Crippen LogP contribution in [0.25, 0.3) is 11.2 Å². The van der Waals surface area contributed by atoms with Crippen molar-refractivity contribution in [2.24, 2.45) is 5.92 Å². The van der Waals surface area contributed by atoms with Gasteiger partial charge in [-0.3, -0.25) is 4.57 Å². The predicted octanol–water partition coefficient (Wildman–Crippen LogP) is 3.41. The van der Waals surface area contributed by atoms with Crippen molar-refractivity contribution in [1.82, 2.24) is 19.5 Å². The Kier molecular flexibility index (Phi) is 7.85. The molecule has 214 valence electrons. The minimum Gasteiger partial charge on any atom is -0.462 e. The van der Waals surface area contributed by atoms with E-state index in [-0.39, 0.29) is 47.7 Å². The fraction of sp³-hybridized carbons (Fsp3) is 0.296. The van der Waals surface area contributed by atoms with Gasteiger partial charge in [0.05, 0.1) is 35.0 Å². The minimum atomic E-state index is -4.68. The van der Waals surface area contributed by atoms with Crippen LogP contribution in [0.3, 0.4) is 0 Å². The van der Waals surface area contributed by atoms with Gasteiger partial charge in [-0.25, -0.2) is 24.5 Å². The summed E-state index contributed by atoms with van der Waals surface area (Å²) in [6.45, 7) is -0.603. The third kappa shape index (κ3) is 5.83. The summed E-state index contributed by atoms with van der Waals surface area (Å²) in [7, 11) is 0. The van der Waals surface area contributed by atoms with E-state index in [9.17, 15) is 27.9 Å². The average Bonchev–Trinajstić information content (AvgIpc) is 3.54. The van der Waals surface area contributed by atoms with Crippen molar-refractivity contribution < 1.29 is 42.1 Å². The van der Waals surface area contributed by atoms with E-state index in [4.69, 9.17) is 19.9 Å². The predicted molar refractivity (Wildman–Crippen MR) is 136 cm³/mol. The van der Waals surface area contributed by atoms with Crippen LogP contribution in [0.2, 0.25) is 0 Å². The lowest BCUT2D eigenvalue weighted by Crippen LogP contribution is -2.35. The first kappa shape index (κ1) is 28.0. The highest BCUT2D eigenvalue weighted by Gasteiger charge is 2.49. The highest BCUT2D eigenvalue weighted by atomic mass is 19.4. The molecule has 1 aliphatic heterocycles. The standard InChI is InChI=1S/C27H24F3N5O6/c28-27(29,30)17-8-4-7-16(11-17)26(38)41-21-18(12-39-25(37)15-5-2-1-3-6-15)19(9-10-36)40-24(21)35-14-34-20-22(31)32-13-33-23(20)35/h1-8,11,13-14,18-19,21,24,36H,9-10,12H2,(H2,31,32,33)/t18-,19-,21-,24-/m1/s1. The monoisotopic (exact) mass is 571 g/mol. The van der Waals surface area contributed by atoms with Crippen LogP contribution < -0.4 is 5.73 Å². The number of aliphatic hydroxyl groups is 1. The molecule has 0 unspecified atom stereocenters. The van der Waals surface area contributed by atoms with Crippen LogP contribution in [0.4, 0.5) is 19.0 Å². The molecule has 1 aliphatic rings. The van der Waals surface area contributed by atoms with Crippen molar-refractivity contribution in [2.45, 2.75) is 31.0 Å². The van der Waals surface area contributed by atoms with Gasteiger partial charge in [-0.05, 0) is 36.8 Å². The number of ether oxygens (including phenoxy) is 3. The van der Waals surface area contributed by atoms with Gasteiger partial charge >= 0.3 is 18.1 Å². The Morgan fingerprint density at radius 1 is 1.02 bits per heavy atom. The first-order valence-corrected chi connectivity index (χ1v) is 12.5. The number of nitrogen functional groups attached to an aromatic ring is 1. The van der Waals surface area contributed by atoms with Gasteiger partial charge in [0.1, 0.15) is 18.5 Å². The Bertz CT molecular complexity index is 1550. The van der Waals surface area contributed by atoms with Crippen molar-refractivity contribution in [1.29, 1.82) is 0 Å². The summed E-state index contributed by atoms with van der Waals surface area (Å²) in [5.74, 6) is -2.44. The van der Waals surface area contributed by atoms with Crippen molar-refractivity contribution in [2.75, 3.05) is 18.9 Å². The quantitative estimate of drug-likeness (QED) is 0.301. The van der Waals surface area contributed by atoms with E-state index in [2.05, 4.69) is 15.0 Å². The molecule has 0 spiro atoms. The molecule has 2 aromatic heterocycles. The topological polar surface area (TPSA) is 152 Å². The second kappa shape index (κ2) is 11.5. The number of benzene rings is 2. The lowest BCUT2D eigenvalue weighted by molar-refractivity contribution is -0.137. The number of hydrogen-bond acceptors (Lipinski definition) is 10. The number of carbonyl (C=O) groups is 2. The average molecular weight is 572 g/mol. The van der Waals surface area contributed by atoms with E-state index < -0.39 is 48.0 Å². The van der Waals surface area contributed by atoms with E-state index in [1.54, 1.807) is 30.3 Å². The number of carbonyl (C=O) groups excluding carboxylic acids is 2. The molecule has 4 aromatic rings. The molecule has 1 saturated heterocycles.